The summed E-state index contributed by atoms with van der Waals surface area (Å²) in [6, 6.07) is 8.79. The summed E-state index contributed by atoms with van der Waals surface area (Å²) in [6.45, 7) is 0.903. The average Bonchev–Trinajstić information content (AvgIpc) is 2.56. The van der Waals surface area contributed by atoms with Gasteiger partial charge in [0.05, 0.1) is 6.54 Å². The van der Waals surface area contributed by atoms with E-state index in [2.05, 4.69) is 145 Å². The Balaban J connectivity index is 3.66. The fraction of sp³-hybridized carbons (Fsp3) is 0.632. The van der Waals surface area contributed by atoms with Crippen molar-refractivity contribution in [1.29, 1.82) is 0 Å². The van der Waals surface area contributed by atoms with E-state index in [9.17, 15) is 0 Å². The van der Waals surface area contributed by atoms with Gasteiger partial charge in [-0.1, -0.05) is 24.3 Å². The number of benzene rings is 1. The number of rotatable bonds is 9. The van der Waals surface area contributed by atoms with Crippen LogP contribution in [0.5, 0.6) is 0 Å². The molecule has 6 nitrogen and oxygen atoms in total. The van der Waals surface area contributed by atoms with Gasteiger partial charge in [0.15, 0.2) is 0 Å². The van der Waals surface area contributed by atoms with E-state index >= 15 is 0 Å². The molecule has 1 aromatic carbocycles. The molecule has 0 aliphatic heterocycles. The number of hydrogen-bond donors (Lipinski definition) is 0. The zero-order chi connectivity index (χ0) is 21.9. The van der Waals surface area contributed by atoms with Crippen LogP contribution in [0.1, 0.15) is 5.56 Å². The zero-order valence-electron chi connectivity index (χ0n) is 19.7. The molecule has 0 aromatic heterocycles. The lowest BCUT2D eigenvalue weighted by Crippen LogP contribution is -2.41. The Bertz CT molecular complexity index is 634. The third-order valence-electron chi connectivity index (χ3n) is 5.15. The van der Waals surface area contributed by atoms with Gasteiger partial charge in [0, 0.05) is 35.2 Å². The van der Waals surface area contributed by atoms with Crippen LogP contribution in [0.3, 0.4) is 0 Å². The first-order valence-electron chi connectivity index (χ1n) is 9.42. The summed E-state index contributed by atoms with van der Waals surface area (Å²) < 4.78 is 14.6. The molecule has 0 N–H and O–H groups in total. The van der Waals surface area contributed by atoms with Crippen molar-refractivity contribution in [3.63, 3.8) is 0 Å². The predicted octanol–water partition coefficient (Wildman–Crippen LogP) is 2.71. The second-order valence-electron chi connectivity index (χ2n) is 8.14. The molecule has 0 heterocycles. The van der Waals surface area contributed by atoms with Crippen molar-refractivity contribution >= 4 is 35.1 Å². The molecule has 0 bridgehead atoms. The van der Waals surface area contributed by atoms with E-state index < -0.39 is 15.1 Å². The maximum absolute atomic E-state index is 2.76. The van der Waals surface area contributed by atoms with Gasteiger partial charge in [-0.2, -0.15) is 9.34 Å². The highest BCUT2D eigenvalue weighted by atomic mass is 31.2. The second kappa shape index (κ2) is 10.4. The summed E-state index contributed by atoms with van der Waals surface area (Å²) in [7, 11) is 23.3. The highest BCUT2D eigenvalue weighted by Gasteiger charge is 2.51. The molecule has 0 fully saturated rings. The van der Waals surface area contributed by atoms with E-state index in [0.717, 1.165) is 6.54 Å². The van der Waals surface area contributed by atoms with Crippen LogP contribution >= 0.6 is 24.3 Å². The van der Waals surface area contributed by atoms with Gasteiger partial charge in [-0.3, -0.25) is 14.0 Å². The van der Waals surface area contributed by atoms with Crippen LogP contribution in [0, 0.1) is 0 Å². The van der Waals surface area contributed by atoms with Crippen molar-refractivity contribution in [3.8, 4) is 0 Å². The van der Waals surface area contributed by atoms with Crippen molar-refractivity contribution in [2.24, 2.45) is 0 Å². The Morgan fingerprint density at radius 1 is 0.750 bits per heavy atom. The molecule has 0 amide bonds. The van der Waals surface area contributed by atoms with E-state index in [1.54, 1.807) is 0 Å². The van der Waals surface area contributed by atoms with Crippen LogP contribution in [0.15, 0.2) is 24.3 Å². The fourth-order valence-corrected chi connectivity index (χ4v) is 15.0. The fourth-order valence-electron chi connectivity index (χ4n) is 3.85. The van der Waals surface area contributed by atoms with E-state index in [4.69, 9.17) is 0 Å². The van der Waals surface area contributed by atoms with Gasteiger partial charge in [-0.25, -0.2) is 0 Å². The van der Waals surface area contributed by atoms with E-state index in [-0.39, 0.29) is 0 Å². The van der Waals surface area contributed by atoms with Crippen LogP contribution in [0.2, 0.25) is 0 Å². The molecule has 9 heteroatoms. The zero-order valence-corrected chi connectivity index (χ0v) is 22.7. The van der Waals surface area contributed by atoms with Crippen molar-refractivity contribution in [1.82, 2.24) is 28.0 Å². The summed E-state index contributed by atoms with van der Waals surface area (Å²) >= 11 is 0. The Kier molecular flexibility index (Phi) is 9.76. The van der Waals surface area contributed by atoms with Crippen LogP contribution in [-0.4, -0.2) is 111 Å². The summed E-state index contributed by atoms with van der Waals surface area (Å²) in [5.41, 5.74) is 3.97. The highest BCUT2D eigenvalue weighted by Crippen LogP contribution is 2.69. The van der Waals surface area contributed by atoms with Crippen molar-refractivity contribution in [2.75, 3.05) is 77.5 Å². The van der Waals surface area contributed by atoms with Crippen LogP contribution in [0.4, 0.5) is 0 Å². The Labute approximate surface area is 177 Å². The van der Waals surface area contributed by atoms with Gasteiger partial charge in [-0.15, -0.1) is 13.9 Å². The summed E-state index contributed by atoms with van der Waals surface area (Å²) in [5, 5.41) is 1.22. The molecular formula is C19H42N6P3+. The Morgan fingerprint density at radius 3 is 1.46 bits per heavy atom. The van der Waals surface area contributed by atoms with Crippen molar-refractivity contribution in [2.45, 2.75) is 6.54 Å². The topological polar surface area (TPSA) is 19.4 Å². The first-order valence-corrected chi connectivity index (χ1v) is 13.4. The largest absolute Gasteiger partial charge is 0.264 e. The normalized spacial score (nSPS) is 13.6. The smallest absolute Gasteiger partial charge is 0.257 e. The minimum Gasteiger partial charge on any atom is -0.264 e. The highest BCUT2D eigenvalue weighted by molar-refractivity contribution is 7.96. The van der Waals surface area contributed by atoms with Crippen LogP contribution in [-0.2, 0) is 6.54 Å². The molecular weight excluding hydrogens is 405 g/mol. The molecule has 0 radical (unpaired) electrons. The first-order chi connectivity index (χ1) is 12.8. The van der Waals surface area contributed by atoms with Gasteiger partial charge in [0.25, 0.3) is 7.71 Å². The molecule has 1 rings (SSSR count). The Morgan fingerprint density at radius 2 is 1.14 bits per heavy atom. The summed E-state index contributed by atoms with van der Waals surface area (Å²) in [6.07, 6.45) is 0. The molecule has 0 aliphatic carbocycles. The van der Waals surface area contributed by atoms with E-state index in [1.807, 2.05) is 0 Å². The second-order valence-corrected chi connectivity index (χ2v) is 16.9. The third kappa shape index (κ3) is 5.24. The molecule has 0 aliphatic rings. The van der Waals surface area contributed by atoms with Gasteiger partial charge in [0.2, 0.25) is 0 Å². The molecule has 0 saturated carbocycles. The van der Waals surface area contributed by atoms with Gasteiger partial charge >= 0.3 is 0 Å². The van der Waals surface area contributed by atoms with Gasteiger partial charge in [0.1, 0.15) is 12.9 Å². The van der Waals surface area contributed by atoms with Crippen LogP contribution in [0.25, 0.3) is 0 Å². The monoisotopic (exact) mass is 447 g/mol. The lowest BCUT2D eigenvalue weighted by atomic mass is 10.2. The number of hydrogen-bond acceptors (Lipinski definition) is 6. The minimum atomic E-state index is -1.90. The maximum atomic E-state index is 2.76. The average molecular weight is 448 g/mol. The minimum absolute atomic E-state index is 0.903. The molecule has 0 spiro atoms. The van der Waals surface area contributed by atoms with E-state index in [0.29, 0.717) is 0 Å². The van der Waals surface area contributed by atoms with Crippen LogP contribution < -0.4 is 5.30 Å². The van der Waals surface area contributed by atoms with Gasteiger partial charge < -0.3 is 0 Å². The molecule has 162 valence electrons. The van der Waals surface area contributed by atoms with Gasteiger partial charge in [-0.05, 0) is 53.2 Å². The van der Waals surface area contributed by atoms with Crippen molar-refractivity contribution < 1.29 is 0 Å². The lowest BCUT2D eigenvalue weighted by molar-refractivity contribution is 0.429. The predicted molar refractivity (Wildman–Crippen MR) is 136 cm³/mol. The quantitative estimate of drug-likeness (QED) is 0.539. The summed E-state index contributed by atoms with van der Waals surface area (Å²) in [5.74, 6) is 0. The molecule has 1 atom stereocenters. The molecule has 1 unspecified atom stereocenters. The first kappa shape index (κ1) is 26.2. The maximum Gasteiger partial charge on any atom is 0.257 e. The van der Waals surface area contributed by atoms with E-state index in [1.165, 1.54) is 10.9 Å². The third-order valence-corrected chi connectivity index (χ3v) is 15.0. The Hall–Kier alpha value is 0.140. The molecule has 1 aromatic rings. The van der Waals surface area contributed by atoms with Crippen molar-refractivity contribution in [3.05, 3.63) is 29.8 Å². The standard InChI is InChI=1S/C19H42N6P3/c1-20(2)27(21(3)4,22(5)6)17-28(23(7)8,24(9)10)25(11)16-18-12-14-19(26)15-13-18/h12-15,17H,16,26H2,1-11H3/q+1. The number of nitrogens with zero attached hydrogens (tertiary/aromatic N) is 6. The SMILES string of the molecule is CN(C)P(=C[P+](N(C)C)(N(C)C)N(C)Cc1ccc(P)cc1)(N(C)C)N(C)C. The molecule has 0 saturated heterocycles. The summed E-state index contributed by atoms with van der Waals surface area (Å²) in [4.78, 5) is 0. The lowest BCUT2D eigenvalue weighted by Gasteiger charge is -2.46. The molecule has 28 heavy (non-hydrogen) atoms.